The molecule has 0 aliphatic heterocycles. The van der Waals surface area contributed by atoms with Gasteiger partial charge in [0.05, 0.1) is 11.1 Å². The number of nitrogens with zero attached hydrogens (tertiary/aromatic N) is 2. The van der Waals surface area contributed by atoms with E-state index < -0.39 is 11.9 Å². The number of hydrogen-bond donors (Lipinski definition) is 0. The van der Waals surface area contributed by atoms with Gasteiger partial charge in [-0.1, -0.05) is 46.7 Å². The van der Waals surface area contributed by atoms with E-state index in [9.17, 15) is 9.59 Å². The lowest BCUT2D eigenvalue weighted by molar-refractivity contribution is 0.0502. The normalized spacial score (nSPS) is 11.8. The molecule has 122 valence electrons. The second-order valence-electron chi connectivity index (χ2n) is 4.84. The summed E-state index contributed by atoms with van der Waals surface area (Å²) >= 11 is 0. The fourth-order valence-electron chi connectivity index (χ4n) is 1.61. The minimum Gasteiger partial charge on any atom is -0.312 e. The van der Waals surface area contributed by atoms with Gasteiger partial charge in [0, 0.05) is 0 Å². The van der Waals surface area contributed by atoms with Crippen molar-refractivity contribution in [3.63, 3.8) is 0 Å². The number of benzene rings is 2. The molecule has 0 amide bonds. The molecule has 2 aromatic carbocycles. The quantitative estimate of drug-likeness (QED) is 0.479. The summed E-state index contributed by atoms with van der Waals surface area (Å²) in [4.78, 5) is 33.2. The molecule has 0 unspecified atom stereocenters. The van der Waals surface area contributed by atoms with E-state index in [1.54, 1.807) is 74.5 Å². The molecule has 0 atom stereocenters. The van der Waals surface area contributed by atoms with Crippen molar-refractivity contribution in [2.45, 2.75) is 13.8 Å². The fraction of sp³-hybridized carbons (Fsp3) is 0.111. The molecule has 6 nitrogen and oxygen atoms in total. The van der Waals surface area contributed by atoms with Crippen LogP contribution in [0.1, 0.15) is 34.6 Å². The number of oxime groups is 2. The first kappa shape index (κ1) is 17.1. The third-order valence-corrected chi connectivity index (χ3v) is 3.07. The molecule has 0 radical (unpaired) electrons. The van der Waals surface area contributed by atoms with E-state index in [0.29, 0.717) is 22.6 Å². The second kappa shape index (κ2) is 8.38. The smallest absolute Gasteiger partial charge is 0.312 e. The number of carbonyl (C=O) groups is 2. The molecule has 0 fully saturated rings. The predicted octanol–water partition coefficient (Wildman–Crippen LogP) is 3.45. The Kier molecular flexibility index (Phi) is 5.96. The Bertz CT molecular complexity index is 701. The zero-order valence-corrected chi connectivity index (χ0v) is 13.3. The first-order valence-corrected chi connectivity index (χ1v) is 7.20. The van der Waals surface area contributed by atoms with Gasteiger partial charge in [-0.3, -0.25) is 0 Å². The van der Waals surface area contributed by atoms with Crippen LogP contribution < -0.4 is 0 Å². The van der Waals surface area contributed by atoms with Crippen molar-refractivity contribution < 1.29 is 19.3 Å². The zero-order valence-electron chi connectivity index (χ0n) is 13.3. The lowest BCUT2D eigenvalue weighted by Crippen LogP contribution is -2.11. The summed E-state index contributed by atoms with van der Waals surface area (Å²) in [5.74, 6) is -1.16. The van der Waals surface area contributed by atoms with Gasteiger partial charge in [-0.05, 0) is 38.1 Å². The van der Waals surface area contributed by atoms with Crippen molar-refractivity contribution in [1.82, 2.24) is 0 Å². The summed E-state index contributed by atoms with van der Waals surface area (Å²) in [6.07, 6.45) is 0. The van der Waals surface area contributed by atoms with Crippen molar-refractivity contribution in [2.75, 3.05) is 0 Å². The summed E-state index contributed by atoms with van der Waals surface area (Å²) in [5, 5.41) is 7.39. The minimum atomic E-state index is -0.580. The van der Waals surface area contributed by atoms with Crippen LogP contribution in [0.4, 0.5) is 0 Å². The maximum atomic E-state index is 11.8. The van der Waals surface area contributed by atoms with Crippen LogP contribution in [0.25, 0.3) is 0 Å². The Morgan fingerprint density at radius 1 is 0.667 bits per heavy atom. The van der Waals surface area contributed by atoms with Gasteiger partial charge in [0.2, 0.25) is 0 Å². The third-order valence-electron chi connectivity index (χ3n) is 3.07. The molecule has 0 spiro atoms. The van der Waals surface area contributed by atoms with Crippen LogP contribution >= 0.6 is 0 Å². The first-order chi connectivity index (χ1) is 11.6. The molecule has 0 saturated carbocycles. The maximum absolute atomic E-state index is 11.8. The highest BCUT2D eigenvalue weighted by atomic mass is 16.7. The molecule has 0 N–H and O–H groups in total. The minimum absolute atomic E-state index is 0.320. The molecular weight excluding hydrogens is 308 g/mol. The molecule has 2 aromatic rings. The predicted molar refractivity (Wildman–Crippen MR) is 89.9 cm³/mol. The molecule has 0 heterocycles. The van der Waals surface area contributed by atoms with Crippen molar-refractivity contribution in [3.05, 3.63) is 71.8 Å². The average molecular weight is 324 g/mol. The van der Waals surface area contributed by atoms with Crippen molar-refractivity contribution >= 4 is 23.4 Å². The van der Waals surface area contributed by atoms with Crippen molar-refractivity contribution in [1.29, 1.82) is 0 Å². The van der Waals surface area contributed by atoms with Crippen LogP contribution in [-0.4, -0.2) is 23.4 Å². The monoisotopic (exact) mass is 324 g/mol. The largest absolute Gasteiger partial charge is 0.365 e. The number of carbonyl (C=O) groups excluding carboxylic acids is 2. The molecular formula is C18H16N2O4. The molecule has 0 bridgehead atoms. The number of rotatable bonds is 5. The highest BCUT2D eigenvalue weighted by Gasteiger charge is 2.09. The highest BCUT2D eigenvalue weighted by molar-refractivity contribution is 6.40. The Morgan fingerprint density at radius 3 is 1.33 bits per heavy atom. The van der Waals surface area contributed by atoms with E-state index in [4.69, 9.17) is 9.68 Å². The molecule has 0 saturated heterocycles. The van der Waals surface area contributed by atoms with Gasteiger partial charge >= 0.3 is 11.9 Å². The van der Waals surface area contributed by atoms with E-state index in [1.807, 2.05) is 0 Å². The van der Waals surface area contributed by atoms with Gasteiger partial charge in [0.15, 0.2) is 0 Å². The van der Waals surface area contributed by atoms with E-state index >= 15 is 0 Å². The lowest BCUT2D eigenvalue weighted by atomic mass is 10.2. The topological polar surface area (TPSA) is 77.3 Å². The van der Waals surface area contributed by atoms with Crippen LogP contribution in [0.3, 0.4) is 0 Å². The van der Waals surface area contributed by atoms with E-state index in [1.165, 1.54) is 0 Å². The summed E-state index contributed by atoms with van der Waals surface area (Å²) in [6, 6.07) is 17.0. The van der Waals surface area contributed by atoms with Gasteiger partial charge in [0.1, 0.15) is 11.4 Å². The third kappa shape index (κ3) is 4.88. The maximum Gasteiger partial charge on any atom is 0.365 e. The van der Waals surface area contributed by atoms with Gasteiger partial charge < -0.3 is 9.68 Å². The summed E-state index contributed by atoms with van der Waals surface area (Å²) in [6.45, 7) is 3.18. The second-order valence-corrected chi connectivity index (χ2v) is 4.84. The van der Waals surface area contributed by atoms with Crippen molar-refractivity contribution in [3.8, 4) is 0 Å². The SMILES string of the molecule is CC(=NOC(=O)c1ccccc1)C(C)=NOC(=O)c1ccccc1. The summed E-state index contributed by atoms with van der Waals surface area (Å²) in [5.41, 5.74) is 1.42. The first-order valence-electron chi connectivity index (χ1n) is 7.20. The Labute approximate surface area is 139 Å². The van der Waals surface area contributed by atoms with E-state index in [2.05, 4.69) is 10.3 Å². The van der Waals surface area contributed by atoms with Gasteiger partial charge in [-0.25, -0.2) is 9.59 Å². The summed E-state index contributed by atoms with van der Waals surface area (Å²) < 4.78 is 0. The van der Waals surface area contributed by atoms with Crippen molar-refractivity contribution in [2.24, 2.45) is 10.3 Å². The zero-order chi connectivity index (χ0) is 17.4. The van der Waals surface area contributed by atoms with Crippen LogP contribution in [0.15, 0.2) is 71.0 Å². The van der Waals surface area contributed by atoms with Gasteiger partial charge in [0.25, 0.3) is 0 Å². The Morgan fingerprint density at radius 2 is 1.00 bits per heavy atom. The molecule has 0 aliphatic carbocycles. The Hall–Kier alpha value is -3.28. The molecule has 0 aliphatic rings. The standard InChI is InChI=1S/C18H16N2O4/c1-13(19-23-17(21)15-9-5-3-6-10-15)14(2)20-24-18(22)16-11-7-4-8-12-16/h3-12H,1-2H3. The number of hydrogen-bond acceptors (Lipinski definition) is 6. The van der Waals surface area contributed by atoms with Crippen LogP contribution in [-0.2, 0) is 9.68 Å². The van der Waals surface area contributed by atoms with Gasteiger partial charge in [-0.2, -0.15) is 0 Å². The van der Waals surface area contributed by atoms with E-state index in [-0.39, 0.29) is 0 Å². The van der Waals surface area contributed by atoms with Gasteiger partial charge in [-0.15, -0.1) is 0 Å². The van der Waals surface area contributed by atoms with E-state index in [0.717, 1.165) is 0 Å². The molecule has 24 heavy (non-hydrogen) atoms. The lowest BCUT2D eigenvalue weighted by Gasteiger charge is -2.01. The van der Waals surface area contributed by atoms with Crippen LogP contribution in [0.2, 0.25) is 0 Å². The fourth-order valence-corrected chi connectivity index (χ4v) is 1.61. The van der Waals surface area contributed by atoms with Crippen LogP contribution in [0, 0.1) is 0 Å². The molecule has 0 aromatic heterocycles. The molecule has 2 rings (SSSR count). The Balaban J connectivity index is 1.94. The average Bonchev–Trinajstić information content (AvgIpc) is 2.64. The highest BCUT2D eigenvalue weighted by Crippen LogP contribution is 2.03. The molecule has 6 heteroatoms. The summed E-state index contributed by atoms with van der Waals surface area (Å²) in [7, 11) is 0. The van der Waals surface area contributed by atoms with Crippen LogP contribution in [0.5, 0.6) is 0 Å².